The molecule has 3 atom stereocenters. The van der Waals surface area contributed by atoms with Crippen LogP contribution in [-0.4, -0.2) is 19.3 Å². The molecule has 3 rings (SSSR count). The van der Waals surface area contributed by atoms with Crippen LogP contribution in [0, 0.1) is 16.7 Å². The normalized spacial score (nSPS) is 36.8. The molecule has 21 heavy (non-hydrogen) atoms. The van der Waals surface area contributed by atoms with Gasteiger partial charge < -0.3 is 14.6 Å². The molecule has 3 heteroatoms. The van der Waals surface area contributed by atoms with Gasteiger partial charge in [0.25, 0.3) is 0 Å². The first-order chi connectivity index (χ1) is 9.78. The zero-order chi connectivity index (χ0) is 15.5. The molecule has 3 nitrogen and oxygen atoms in total. The van der Waals surface area contributed by atoms with E-state index in [9.17, 15) is 5.11 Å². The lowest BCUT2D eigenvalue weighted by Gasteiger charge is -2.45. The van der Waals surface area contributed by atoms with Crippen LogP contribution in [0.5, 0.6) is 11.5 Å². The average Bonchev–Trinajstić information content (AvgIpc) is 2.78. The Morgan fingerprint density at radius 1 is 1.05 bits per heavy atom. The SMILES string of the molecule is COc1cc(OC)cc([C@]2(O)C[C@H]3CC[C@]2(C)C3(C)C)c1. The summed E-state index contributed by atoms with van der Waals surface area (Å²) in [6.07, 6.45) is 3.11. The highest BCUT2D eigenvalue weighted by atomic mass is 16.5. The molecule has 1 aromatic carbocycles. The van der Waals surface area contributed by atoms with Gasteiger partial charge in [-0.1, -0.05) is 20.8 Å². The summed E-state index contributed by atoms with van der Waals surface area (Å²) in [7, 11) is 3.30. The molecule has 1 N–H and O–H groups in total. The van der Waals surface area contributed by atoms with Crippen LogP contribution in [0.4, 0.5) is 0 Å². The summed E-state index contributed by atoms with van der Waals surface area (Å²) in [4.78, 5) is 0. The zero-order valence-electron chi connectivity index (χ0n) is 13.7. The highest BCUT2D eigenvalue weighted by Gasteiger charge is 2.68. The van der Waals surface area contributed by atoms with E-state index in [0.717, 1.165) is 29.9 Å². The topological polar surface area (TPSA) is 38.7 Å². The van der Waals surface area contributed by atoms with Gasteiger partial charge in [-0.15, -0.1) is 0 Å². The molecule has 2 aliphatic carbocycles. The highest BCUT2D eigenvalue weighted by Crippen LogP contribution is 2.72. The Labute approximate surface area is 127 Å². The third-order valence-electron chi connectivity index (χ3n) is 6.72. The number of aliphatic hydroxyl groups is 1. The molecule has 0 spiro atoms. The van der Waals surface area contributed by atoms with Gasteiger partial charge in [0.05, 0.1) is 19.8 Å². The summed E-state index contributed by atoms with van der Waals surface area (Å²) >= 11 is 0. The fourth-order valence-corrected chi connectivity index (χ4v) is 4.76. The fraction of sp³-hybridized carbons (Fsp3) is 0.667. The first-order valence-corrected chi connectivity index (χ1v) is 7.74. The maximum Gasteiger partial charge on any atom is 0.122 e. The largest absolute Gasteiger partial charge is 0.497 e. The number of methoxy groups -OCH3 is 2. The van der Waals surface area contributed by atoms with Gasteiger partial charge in [-0.05, 0) is 48.3 Å². The fourth-order valence-electron chi connectivity index (χ4n) is 4.76. The van der Waals surface area contributed by atoms with Crippen LogP contribution >= 0.6 is 0 Å². The van der Waals surface area contributed by atoms with Gasteiger partial charge >= 0.3 is 0 Å². The van der Waals surface area contributed by atoms with Crippen LogP contribution in [0.3, 0.4) is 0 Å². The number of hydrogen-bond donors (Lipinski definition) is 1. The molecular formula is C18H26O3. The number of benzene rings is 1. The van der Waals surface area contributed by atoms with Crippen molar-refractivity contribution in [3.8, 4) is 11.5 Å². The Morgan fingerprint density at radius 2 is 1.62 bits per heavy atom. The van der Waals surface area contributed by atoms with Crippen molar-refractivity contribution in [2.24, 2.45) is 16.7 Å². The van der Waals surface area contributed by atoms with Crippen molar-refractivity contribution in [1.29, 1.82) is 0 Å². The molecule has 0 saturated heterocycles. The third kappa shape index (κ3) is 1.70. The van der Waals surface area contributed by atoms with E-state index in [0.29, 0.717) is 5.92 Å². The molecule has 2 aliphatic rings. The molecule has 0 radical (unpaired) electrons. The zero-order valence-corrected chi connectivity index (χ0v) is 13.7. The lowest BCUT2D eigenvalue weighted by atomic mass is 9.62. The Kier molecular flexibility index (Phi) is 3.07. The molecule has 0 aliphatic heterocycles. The molecule has 2 bridgehead atoms. The first-order valence-electron chi connectivity index (χ1n) is 7.74. The van der Waals surface area contributed by atoms with Crippen LogP contribution in [0.25, 0.3) is 0 Å². The van der Waals surface area contributed by atoms with Crippen molar-refractivity contribution in [2.45, 2.75) is 45.6 Å². The van der Waals surface area contributed by atoms with Crippen molar-refractivity contribution >= 4 is 0 Å². The molecule has 1 aromatic rings. The summed E-state index contributed by atoms with van der Waals surface area (Å²) < 4.78 is 10.8. The second-order valence-corrected chi connectivity index (χ2v) is 7.46. The van der Waals surface area contributed by atoms with Crippen molar-refractivity contribution < 1.29 is 14.6 Å². The minimum absolute atomic E-state index is 0.109. The predicted octanol–water partition coefficient (Wildman–Crippen LogP) is 3.74. The van der Waals surface area contributed by atoms with Crippen molar-refractivity contribution in [2.75, 3.05) is 14.2 Å². The van der Waals surface area contributed by atoms with Crippen LogP contribution in [0.1, 0.15) is 45.6 Å². The Balaban J connectivity index is 2.12. The first kappa shape index (κ1) is 14.7. The van der Waals surface area contributed by atoms with Gasteiger partial charge in [-0.25, -0.2) is 0 Å². The van der Waals surface area contributed by atoms with Gasteiger partial charge in [0.1, 0.15) is 11.5 Å². The summed E-state index contributed by atoms with van der Waals surface area (Å²) in [6.45, 7) is 6.85. The van der Waals surface area contributed by atoms with Crippen LogP contribution < -0.4 is 9.47 Å². The lowest BCUT2D eigenvalue weighted by molar-refractivity contribution is -0.0959. The molecule has 0 aromatic heterocycles. The van der Waals surface area contributed by atoms with Crippen LogP contribution in [0.15, 0.2) is 18.2 Å². The Morgan fingerprint density at radius 3 is 2.00 bits per heavy atom. The molecule has 2 saturated carbocycles. The van der Waals surface area contributed by atoms with Gasteiger partial charge in [0, 0.05) is 11.5 Å². The smallest absolute Gasteiger partial charge is 0.122 e. The van der Waals surface area contributed by atoms with Gasteiger partial charge in [0.2, 0.25) is 0 Å². The third-order valence-corrected chi connectivity index (χ3v) is 6.72. The monoisotopic (exact) mass is 290 g/mol. The number of hydrogen-bond acceptors (Lipinski definition) is 3. The summed E-state index contributed by atoms with van der Waals surface area (Å²) in [5.74, 6) is 2.05. The number of ether oxygens (including phenoxy) is 2. The molecule has 0 heterocycles. The maximum atomic E-state index is 11.6. The second kappa shape index (κ2) is 4.39. The van der Waals surface area contributed by atoms with E-state index in [1.54, 1.807) is 14.2 Å². The van der Waals surface area contributed by atoms with Gasteiger partial charge in [0.15, 0.2) is 0 Å². The standard InChI is InChI=1S/C18H26O3/c1-16(2)12-6-7-17(16,3)18(19,11-12)13-8-14(20-4)10-15(9-13)21-5/h8-10,12,19H,6-7,11H2,1-5H3/t12-,17-,18-/m1/s1. The van der Waals surface area contributed by atoms with Crippen molar-refractivity contribution in [3.05, 3.63) is 23.8 Å². The van der Waals surface area contributed by atoms with E-state index in [1.165, 1.54) is 6.42 Å². The molecule has 0 amide bonds. The van der Waals surface area contributed by atoms with E-state index in [2.05, 4.69) is 20.8 Å². The molecule has 116 valence electrons. The minimum Gasteiger partial charge on any atom is -0.497 e. The van der Waals surface area contributed by atoms with Crippen LogP contribution in [0.2, 0.25) is 0 Å². The molecular weight excluding hydrogens is 264 g/mol. The van der Waals surface area contributed by atoms with Gasteiger partial charge in [-0.3, -0.25) is 0 Å². The van der Waals surface area contributed by atoms with E-state index in [-0.39, 0.29) is 10.8 Å². The number of rotatable bonds is 3. The lowest BCUT2D eigenvalue weighted by Crippen LogP contribution is -2.44. The quantitative estimate of drug-likeness (QED) is 0.921. The summed E-state index contributed by atoms with van der Waals surface area (Å²) in [5, 5.41) is 11.6. The molecule has 2 fully saturated rings. The highest BCUT2D eigenvalue weighted by molar-refractivity contribution is 5.43. The second-order valence-electron chi connectivity index (χ2n) is 7.46. The predicted molar refractivity (Wildman–Crippen MR) is 82.7 cm³/mol. The minimum atomic E-state index is -0.804. The van der Waals surface area contributed by atoms with E-state index < -0.39 is 5.60 Å². The van der Waals surface area contributed by atoms with Gasteiger partial charge in [-0.2, -0.15) is 0 Å². The van der Waals surface area contributed by atoms with Crippen molar-refractivity contribution in [3.63, 3.8) is 0 Å². The summed E-state index contributed by atoms with van der Waals surface area (Å²) in [5.41, 5.74) is 0.165. The number of fused-ring (bicyclic) bond motifs is 2. The average molecular weight is 290 g/mol. The Bertz CT molecular complexity index is 543. The van der Waals surface area contributed by atoms with Crippen LogP contribution in [-0.2, 0) is 5.60 Å². The van der Waals surface area contributed by atoms with E-state index in [4.69, 9.17) is 9.47 Å². The maximum absolute atomic E-state index is 11.6. The van der Waals surface area contributed by atoms with Crippen molar-refractivity contribution in [1.82, 2.24) is 0 Å². The van der Waals surface area contributed by atoms with E-state index >= 15 is 0 Å². The summed E-state index contributed by atoms with van der Waals surface area (Å²) in [6, 6.07) is 5.78. The molecule has 0 unspecified atom stereocenters. The Hall–Kier alpha value is -1.22. The van der Waals surface area contributed by atoms with E-state index in [1.807, 2.05) is 18.2 Å².